The van der Waals surface area contributed by atoms with Gasteiger partial charge in [0.2, 0.25) is 17.7 Å². The van der Waals surface area contributed by atoms with Gasteiger partial charge < -0.3 is 16.0 Å². The first-order valence-electron chi connectivity index (χ1n) is 7.70. The molecule has 0 aromatic rings. The molecule has 0 aliphatic rings. The topological polar surface area (TPSA) is 90.5 Å². The van der Waals surface area contributed by atoms with Crippen molar-refractivity contribution in [3.05, 3.63) is 0 Å². The van der Waals surface area contributed by atoms with Crippen LogP contribution in [-0.2, 0) is 14.4 Å². The highest BCUT2D eigenvalue weighted by Crippen LogP contribution is 1.92. The summed E-state index contributed by atoms with van der Waals surface area (Å²) in [5.74, 6) is -0.612. The van der Waals surface area contributed by atoms with Crippen LogP contribution in [0.4, 0.5) is 0 Å². The second-order valence-electron chi connectivity index (χ2n) is 6.31. The molecule has 0 heterocycles. The molecule has 0 aliphatic carbocycles. The highest BCUT2D eigenvalue weighted by atomic mass is 16.2. The van der Waals surface area contributed by atoms with Crippen molar-refractivity contribution in [3.63, 3.8) is 0 Å². The predicted octanol–water partition coefficient (Wildman–Crippen LogP) is -0.138. The highest BCUT2D eigenvalue weighted by molar-refractivity contribution is 5.84. The van der Waals surface area contributed by atoms with Gasteiger partial charge in [0.1, 0.15) is 0 Å². The third-order valence-corrected chi connectivity index (χ3v) is 2.45. The minimum atomic E-state index is -0.204. The molecule has 0 aromatic carbocycles. The van der Waals surface area contributed by atoms with E-state index in [1.54, 1.807) is 0 Å². The number of carbonyl (C=O) groups excluding carboxylic acids is 3. The molecule has 0 radical (unpaired) electrons. The number of rotatable bonds is 9. The van der Waals surface area contributed by atoms with E-state index >= 15 is 0 Å². The average Bonchev–Trinajstić information content (AvgIpc) is 2.23. The van der Waals surface area contributed by atoms with Crippen molar-refractivity contribution in [2.45, 2.75) is 59.7 Å². The second-order valence-corrected chi connectivity index (χ2v) is 6.31. The van der Waals surface area contributed by atoms with Crippen molar-refractivity contribution in [3.8, 4) is 0 Å². The third kappa shape index (κ3) is 11.1. The summed E-state index contributed by atoms with van der Waals surface area (Å²) in [6, 6.07) is 0.0509. The Hall–Kier alpha value is -1.63. The van der Waals surface area contributed by atoms with Crippen LogP contribution in [0.1, 0.15) is 41.5 Å². The van der Waals surface area contributed by atoms with Gasteiger partial charge in [-0.3, -0.25) is 19.3 Å². The zero-order valence-corrected chi connectivity index (χ0v) is 14.5. The fourth-order valence-corrected chi connectivity index (χ4v) is 1.88. The van der Waals surface area contributed by atoms with Gasteiger partial charge in [0, 0.05) is 18.1 Å². The molecule has 0 atom stereocenters. The molecule has 0 unspecified atom stereocenters. The number of nitrogens with one attached hydrogen (secondary N) is 3. The molecule has 0 aliphatic heterocycles. The maximum absolute atomic E-state index is 11.9. The van der Waals surface area contributed by atoms with E-state index in [1.807, 2.05) is 41.5 Å². The second kappa shape index (κ2) is 10.2. The fraction of sp³-hybridized carbons (Fsp3) is 0.800. The Kier molecular flexibility index (Phi) is 9.40. The number of nitrogens with zero attached hydrogens (tertiary/aromatic N) is 1. The lowest BCUT2D eigenvalue weighted by atomic mass is 10.3. The van der Waals surface area contributed by atoms with Crippen LogP contribution in [0.3, 0.4) is 0 Å². The Morgan fingerprint density at radius 1 is 0.636 bits per heavy atom. The molecule has 128 valence electrons. The van der Waals surface area contributed by atoms with Crippen LogP contribution in [-0.4, -0.2) is 60.4 Å². The zero-order valence-electron chi connectivity index (χ0n) is 14.5. The highest BCUT2D eigenvalue weighted by Gasteiger charge is 2.18. The summed E-state index contributed by atoms with van der Waals surface area (Å²) in [7, 11) is 0. The largest absolute Gasteiger partial charge is 0.353 e. The SMILES string of the molecule is CC(C)NC(=O)CN(CC(=O)NC(C)C)CC(=O)NC(C)C. The first-order valence-corrected chi connectivity index (χ1v) is 7.70. The summed E-state index contributed by atoms with van der Waals surface area (Å²) >= 11 is 0. The van der Waals surface area contributed by atoms with E-state index in [-0.39, 0.29) is 55.5 Å². The summed E-state index contributed by atoms with van der Waals surface area (Å²) < 4.78 is 0. The zero-order chi connectivity index (χ0) is 17.3. The molecular formula is C15H30N4O3. The molecule has 22 heavy (non-hydrogen) atoms. The van der Waals surface area contributed by atoms with E-state index in [9.17, 15) is 14.4 Å². The van der Waals surface area contributed by atoms with Crippen LogP contribution >= 0.6 is 0 Å². The van der Waals surface area contributed by atoms with E-state index < -0.39 is 0 Å². The normalized spacial score (nSPS) is 11.2. The lowest BCUT2D eigenvalue weighted by Crippen LogP contribution is -2.49. The van der Waals surface area contributed by atoms with Gasteiger partial charge >= 0.3 is 0 Å². The number of hydrogen-bond acceptors (Lipinski definition) is 4. The molecule has 7 nitrogen and oxygen atoms in total. The molecule has 7 heteroatoms. The fourth-order valence-electron chi connectivity index (χ4n) is 1.88. The standard InChI is InChI=1S/C15H30N4O3/c1-10(2)16-13(20)7-19(8-14(21)17-11(3)4)9-15(22)18-12(5)6/h10-12H,7-9H2,1-6H3,(H,16,20)(H,17,21)(H,18,22). The van der Waals surface area contributed by atoms with Crippen molar-refractivity contribution < 1.29 is 14.4 Å². The molecule has 0 saturated carbocycles. The van der Waals surface area contributed by atoms with Gasteiger partial charge in [-0.25, -0.2) is 0 Å². The van der Waals surface area contributed by atoms with Crippen LogP contribution in [0.25, 0.3) is 0 Å². The molecule has 0 aromatic heterocycles. The summed E-state index contributed by atoms with van der Waals surface area (Å²) in [5, 5.41) is 8.27. The average molecular weight is 314 g/mol. The lowest BCUT2D eigenvalue weighted by molar-refractivity contribution is -0.128. The minimum absolute atomic E-state index is 0.00914. The molecule has 0 fully saturated rings. The van der Waals surface area contributed by atoms with Crippen molar-refractivity contribution in [1.29, 1.82) is 0 Å². The van der Waals surface area contributed by atoms with Crippen molar-refractivity contribution in [2.24, 2.45) is 0 Å². The quantitative estimate of drug-likeness (QED) is 0.552. The van der Waals surface area contributed by atoms with E-state index in [0.717, 1.165) is 0 Å². The van der Waals surface area contributed by atoms with Crippen LogP contribution < -0.4 is 16.0 Å². The molecule has 0 saturated heterocycles. The Morgan fingerprint density at radius 3 is 1.05 bits per heavy atom. The Balaban J connectivity index is 4.64. The smallest absolute Gasteiger partial charge is 0.234 e. The van der Waals surface area contributed by atoms with E-state index in [4.69, 9.17) is 0 Å². The molecule has 0 spiro atoms. The van der Waals surface area contributed by atoms with Gasteiger partial charge in [0.15, 0.2) is 0 Å². The van der Waals surface area contributed by atoms with E-state index in [0.29, 0.717) is 0 Å². The van der Waals surface area contributed by atoms with Gasteiger partial charge in [-0.1, -0.05) is 0 Å². The lowest BCUT2D eigenvalue weighted by Gasteiger charge is -2.22. The number of hydrogen-bond donors (Lipinski definition) is 3. The van der Waals surface area contributed by atoms with Gasteiger partial charge in [0.05, 0.1) is 19.6 Å². The first-order chi connectivity index (χ1) is 10.1. The maximum Gasteiger partial charge on any atom is 0.234 e. The molecule has 0 bridgehead atoms. The van der Waals surface area contributed by atoms with Crippen molar-refractivity contribution in [2.75, 3.05) is 19.6 Å². The van der Waals surface area contributed by atoms with Gasteiger partial charge in [0.25, 0.3) is 0 Å². The molecule has 0 rings (SSSR count). The molecular weight excluding hydrogens is 284 g/mol. The molecule has 3 N–H and O–H groups in total. The van der Waals surface area contributed by atoms with Crippen LogP contribution in [0, 0.1) is 0 Å². The van der Waals surface area contributed by atoms with Gasteiger partial charge in [-0.2, -0.15) is 0 Å². The summed E-state index contributed by atoms with van der Waals surface area (Å²) in [6.45, 7) is 11.2. The summed E-state index contributed by atoms with van der Waals surface area (Å²) in [6.07, 6.45) is 0. The summed E-state index contributed by atoms with van der Waals surface area (Å²) in [4.78, 5) is 37.1. The van der Waals surface area contributed by atoms with E-state index in [2.05, 4.69) is 16.0 Å². The van der Waals surface area contributed by atoms with Crippen molar-refractivity contribution in [1.82, 2.24) is 20.9 Å². The third-order valence-electron chi connectivity index (χ3n) is 2.45. The Morgan fingerprint density at radius 2 is 0.864 bits per heavy atom. The van der Waals surface area contributed by atoms with Crippen LogP contribution in [0.15, 0.2) is 0 Å². The van der Waals surface area contributed by atoms with Crippen LogP contribution in [0.2, 0.25) is 0 Å². The van der Waals surface area contributed by atoms with Crippen molar-refractivity contribution >= 4 is 17.7 Å². The Bertz CT molecular complexity index is 324. The molecule has 3 amide bonds. The summed E-state index contributed by atoms with van der Waals surface area (Å²) in [5.41, 5.74) is 0. The van der Waals surface area contributed by atoms with Gasteiger partial charge in [-0.15, -0.1) is 0 Å². The Labute approximate surface area is 133 Å². The number of carbonyl (C=O) groups is 3. The first kappa shape index (κ1) is 20.4. The van der Waals surface area contributed by atoms with Crippen LogP contribution in [0.5, 0.6) is 0 Å². The monoisotopic (exact) mass is 314 g/mol. The number of amides is 3. The van der Waals surface area contributed by atoms with E-state index in [1.165, 1.54) is 4.90 Å². The minimum Gasteiger partial charge on any atom is -0.353 e. The predicted molar refractivity (Wildman–Crippen MR) is 86.3 cm³/mol. The van der Waals surface area contributed by atoms with Gasteiger partial charge in [-0.05, 0) is 41.5 Å². The maximum atomic E-state index is 11.9.